The monoisotopic (exact) mass is 340 g/mol. The highest BCUT2D eigenvalue weighted by Crippen LogP contribution is 2.26. The van der Waals surface area contributed by atoms with Gasteiger partial charge >= 0.3 is 6.03 Å². The zero-order valence-electron chi connectivity index (χ0n) is 14.2. The standard InChI is InChI=1S/C19H20N2O4/c1-13-11-16(25-12-14-3-5-15(24-2)6-4-14)7-8-17(13)21-10-9-18(22)20-19(21)23/h3-8,11H,9-10,12H2,1-2H3,(H,20,22,23). The van der Waals surface area contributed by atoms with E-state index >= 15 is 0 Å². The predicted octanol–water partition coefficient (Wildman–Crippen LogP) is 3.03. The molecule has 3 amide bonds. The van der Waals surface area contributed by atoms with Crippen molar-refractivity contribution in [2.45, 2.75) is 20.0 Å². The second-order valence-corrected chi connectivity index (χ2v) is 5.84. The number of methoxy groups -OCH3 is 1. The maximum absolute atomic E-state index is 12.0. The van der Waals surface area contributed by atoms with E-state index in [4.69, 9.17) is 9.47 Å². The summed E-state index contributed by atoms with van der Waals surface area (Å²) in [5.41, 5.74) is 2.73. The molecular formula is C19H20N2O4. The number of nitrogens with one attached hydrogen (secondary N) is 1. The Morgan fingerprint density at radius 3 is 2.44 bits per heavy atom. The van der Waals surface area contributed by atoms with Gasteiger partial charge in [0.05, 0.1) is 7.11 Å². The van der Waals surface area contributed by atoms with Gasteiger partial charge in [0.2, 0.25) is 5.91 Å². The number of rotatable bonds is 5. The number of urea groups is 1. The van der Waals surface area contributed by atoms with E-state index in [2.05, 4.69) is 5.32 Å². The Morgan fingerprint density at radius 2 is 1.80 bits per heavy atom. The van der Waals surface area contributed by atoms with Crippen molar-refractivity contribution in [3.63, 3.8) is 0 Å². The molecule has 25 heavy (non-hydrogen) atoms. The zero-order valence-corrected chi connectivity index (χ0v) is 14.2. The molecule has 1 heterocycles. The molecule has 130 valence electrons. The molecule has 1 aliphatic heterocycles. The number of carbonyl (C=O) groups is 2. The highest BCUT2D eigenvalue weighted by atomic mass is 16.5. The first-order valence-electron chi connectivity index (χ1n) is 8.04. The molecule has 0 unspecified atom stereocenters. The van der Waals surface area contributed by atoms with E-state index in [1.807, 2.05) is 49.4 Å². The van der Waals surface area contributed by atoms with Gasteiger partial charge in [0.15, 0.2) is 0 Å². The molecule has 0 spiro atoms. The Kier molecular flexibility index (Phi) is 4.88. The average Bonchev–Trinajstić information content (AvgIpc) is 2.61. The lowest BCUT2D eigenvalue weighted by atomic mass is 10.1. The van der Waals surface area contributed by atoms with Crippen LogP contribution in [-0.4, -0.2) is 25.6 Å². The SMILES string of the molecule is COc1ccc(COc2ccc(N3CCC(=O)NC3=O)c(C)c2)cc1. The van der Waals surface area contributed by atoms with Crippen molar-refractivity contribution in [1.82, 2.24) is 5.32 Å². The minimum atomic E-state index is -0.383. The Hall–Kier alpha value is -3.02. The van der Waals surface area contributed by atoms with Gasteiger partial charge in [-0.15, -0.1) is 0 Å². The Morgan fingerprint density at radius 1 is 1.08 bits per heavy atom. The fraction of sp³-hybridized carbons (Fsp3) is 0.263. The number of hydrogen-bond donors (Lipinski definition) is 1. The first-order valence-corrected chi connectivity index (χ1v) is 8.04. The van der Waals surface area contributed by atoms with Crippen molar-refractivity contribution in [3.8, 4) is 11.5 Å². The molecule has 6 nitrogen and oxygen atoms in total. The summed E-state index contributed by atoms with van der Waals surface area (Å²) in [4.78, 5) is 24.8. The van der Waals surface area contributed by atoms with E-state index in [0.717, 1.165) is 28.3 Å². The molecule has 1 fully saturated rings. The topological polar surface area (TPSA) is 67.9 Å². The van der Waals surface area contributed by atoms with Crippen LogP contribution >= 0.6 is 0 Å². The van der Waals surface area contributed by atoms with Crippen molar-refractivity contribution < 1.29 is 19.1 Å². The van der Waals surface area contributed by atoms with Crippen LogP contribution in [-0.2, 0) is 11.4 Å². The minimum absolute atomic E-state index is 0.238. The Bertz CT molecular complexity index is 787. The molecule has 0 atom stereocenters. The molecule has 1 saturated heterocycles. The molecule has 0 radical (unpaired) electrons. The van der Waals surface area contributed by atoms with E-state index in [-0.39, 0.29) is 11.9 Å². The normalized spacial score (nSPS) is 14.2. The van der Waals surface area contributed by atoms with Crippen LogP contribution in [0.3, 0.4) is 0 Å². The third kappa shape index (κ3) is 3.91. The van der Waals surface area contributed by atoms with E-state index in [1.165, 1.54) is 0 Å². The molecule has 0 aromatic heterocycles. The number of ether oxygens (including phenoxy) is 2. The predicted molar refractivity (Wildman–Crippen MR) is 94.0 cm³/mol. The van der Waals surface area contributed by atoms with Crippen molar-refractivity contribution in [2.24, 2.45) is 0 Å². The van der Waals surface area contributed by atoms with Gasteiger partial charge < -0.3 is 9.47 Å². The summed E-state index contributed by atoms with van der Waals surface area (Å²) in [6.45, 7) is 2.75. The van der Waals surface area contributed by atoms with Crippen LogP contribution in [0.1, 0.15) is 17.5 Å². The highest BCUT2D eigenvalue weighted by Gasteiger charge is 2.25. The molecule has 3 rings (SSSR count). The summed E-state index contributed by atoms with van der Waals surface area (Å²) in [6.07, 6.45) is 0.306. The fourth-order valence-corrected chi connectivity index (χ4v) is 2.70. The van der Waals surface area contributed by atoms with Gasteiger partial charge in [-0.3, -0.25) is 15.0 Å². The van der Waals surface area contributed by atoms with Crippen molar-refractivity contribution in [1.29, 1.82) is 0 Å². The molecule has 0 aliphatic carbocycles. The van der Waals surface area contributed by atoms with E-state index in [1.54, 1.807) is 12.0 Å². The van der Waals surface area contributed by atoms with Crippen LogP contribution < -0.4 is 19.7 Å². The maximum Gasteiger partial charge on any atom is 0.328 e. The molecule has 6 heteroatoms. The number of amides is 3. The summed E-state index contributed by atoms with van der Waals surface area (Å²) >= 11 is 0. The molecular weight excluding hydrogens is 320 g/mol. The summed E-state index contributed by atoms with van der Waals surface area (Å²) in [6, 6.07) is 12.9. The number of hydrogen-bond acceptors (Lipinski definition) is 4. The van der Waals surface area contributed by atoms with Crippen molar-refractivity contribution in [3.05, 3.63) is 53.6 Å². The van der Waals surface area contributed by atoms with Crippen LogP contribution in [0.2, 0.25) is 0 Å². The Labute approximate surface area is 146 Å². The molecule has 1 N–H and O–H groups in total. The number of anilines is 1. The van der Waals surface area contributed by atoms with Crippen LogP contribution in [0.15, 0.2) is 42.5 Å². The van der Waals surface area contributed by atoms with E-state index < -0.39 is 0 Å². The molecule has 0 saturated carbocycles. The summed E-state index contributed by atoms with van der Waals surface area (Å²) < 4.78 is 11.0. The van der Waals surface area contributed by atoms with Gasteiger partial charge in [0.1, 0.15) is 18.1 Å². The summed E-state index contributed by atoms with van der Waals surface area (Å²) in [5.74, 6) is 1.30. The smallest absolute Gasteiger partial charge is 0.328 e. The lowest BCUT2D eigenvalue weighted by Crippen LogP contribution is -2.49. The molecule has 2 aromatic carbocycles. The van der Waals surface area contributed by atoms with Gasteiger partial charge in [-0.25, -0.2) is 4.79 Å². The lowest BCUT2D eigenvalue weighted by molar-refractivity contribution is -0.120. The van der Waals surface area contributed by atoms with E-state index in [0.29, 0.717) is 19.6 Å². The fourth-order valence-electron chi connectivity index (χ4n) is 2.70. The van der Waals surface area contributed by atoms with E-state index in [9.17, 15) is 9.59 Å². The maximum atomic E-state index is 12.0. The van der Waals surface area contributed by atoms with Gasteiger partial charge in [-0.05, 0) is 48.4 Å². The number of imide groups is 1. The first-order chi connectivity index (χ1) is 12.1. The molecule has 2 aromatic rings. The van der Waals surface area contributed by atoms with Crippen molar-refractivity contribution >= 4 is 17.6 Å². The number of nitrogens with zero attached hydrogens (tertiary/aromatic N) is 1. The summed E-state index contributed by atoms with van der Waals surface area (Å²) in [7, 11) is 1.63. The summed E-state index contributed by atoms with van der Waals surface area (Å²) in [5, 5.41) is 2.33. The number of carbonyl (C=O) groups excluding carboxylic acids is 2. The minimum Gasteiger partial charge on any atom is -0.497 e. The zero-order chi connectivity index (χ0) is 17.8. The highest BCUT2D eigenvalue weighted by molar-refractivity contribution is 6.05. The quantitative estimate of drug-likeness (QED) is 0.908. The first kappa shape index (κ1) is 16.8. The van der Waals surface area contributed by atoms with Crippen LogP contribution in [0, 0.1) is 6.92 Å². The molecule has 1 aliphatic rings. The third-order valence-corrected chi connectivity index (χ3v) is 4.08. The number of aryl methyl sites for hydroxylation is 1. The Balaban J connectivity index is 1.67. The van der Waals surface area contributed by atoms with Crippen LogP contribution in [0.25, 0.3) is 0 Å². The average molecular weight is 340 g/mol. The van der Waals surface area contributed by atoms with Gasteiger partial charge in [-0.1, -0.05) is 12.1 Å². The number of benzene rings is 2. The van der Waals surface area contributed by atoms with Crippen LogP contribution in [0.5, 0.6) is 11.5 Å². The van der Waals surface area contributed by atoms with Crippen molar-refractivity contribution in [2.75, 3.05) is 18.6 Å². The van der Waals surface area contributed by atoms with Gasteiger partial charge in [0.25, 0.3) is 0 Å². The second kappa shape index (κ2) is 7.25. The molecule has 0 bridgehead atoms. The third-order valence-electron chi connectivity index (χ3n) is 4.08. The lowest BCUT2D eigenvalue weighted by Gasteiger charge is -2.28. The largest absolute Gasteiger partial charge is 0.497 e. The second-order valence-electron chi connectivity index (χ2n) is 5.84. The van der Waals surface area contributed by atoms with Crippen LogP contribution in [0.4, 0.5) is 10.5 Å². The van der Waals surface area contributed by atoms with Gasteiger partial charge in [0, 0.05) is 18.7 Å². The van der Waals surface area contributed by atoms with Gasteiger partial charge in [-0.2, -0.15) is 0 Å².